The fraction of sp³-hybridized carbons (Fsp3) is 0.190. The lowest BCUT2D eigenvalue weighted by molar-refractivity contribution is 0.874. The highest BCUT2D eigenvalue weighted by Crippen LogP contribution is 2.20. The monoisotopic (exact) mass is 408 g/mol. The number of nitrogens with one attached hydrogen (secondary N) is 3. The number of H-pyrrole nitrogens is 1. The van der Waals surface area contributed by atoms with E-state index < -0.39 is 0 Å². The molecule has 0 amide bonds. The second-order valence-electron chi connectivity index (χ2n) is 6.95. The molecule has 0 aliphatic carbocycles. The zero-order valence-electron chi connectivity index (χ0n) is 16.2. The van der Waals surface area contributed by atoms with Gasteiger partial charge in [-0.2, -0.15) is 9.50 Å². The topological polar surface area (TPSA) is 87.1 Å². The first-order valence-corrected chi connectivity index (χ1v) is 9.64. The Hall–Kier alpha value is -3.32. The van der Waals surface area contributed by atoms with Crippen LogP contribution in [0.15, 0.2) is 53.3 Å². The molecule has 2 heterocycles. The molecule has 148 valence electrons. The second-order valence-corrected chi connectivity index (χ2v) is 7.38. The number of hydrogen-bond donors (Lipinski definition) is 3. The molecule has 0 spiro atoms. The van der Waals surface area contributed by atoms with Gasteiger partial charge in [0, 0.05) is 23.3 Å². The zero-order chi connectivity index (χ0) is 20.4. The van der Waals surface area contributed by atoms with Crippen molar-refractivity contribution in [3.05, 3.63) is 86.3 Å². The minimum Gasteiger partial charge on any atom is -0.379 e. The van der Waals surface area contributed by atoms with Gasteiger partial charge >= 0.3 is 0 Å². The Labute approximate surface area is 172 Å². The van der Waals surface area contributed by atoms with E-state index in [0.29, 0.717) is 35.5 Å². The molecule has 8 heteroatoms. The number of anilines is 2. The predicted octanol–water partition coefficient (Wildman–Crippen LogP) is 3.91. The lowest BCUT2D eigenvalue weighted by Gasteiger charge is -2.09. The van der Waals surface area contributed by atoms with Gasteiger partial charge in [-0.3, -0.25) is 9.89 Å². The summed E-state index contributed by atoms with van der Waals surface area (Å²) in [5.74, 6) is 0.814. The normalized spacial score (nSPS) is 11.0. The quantitative estimate of drug-likeness (QED) is 0.450. The number of fused-ring (bicyclic) bond motifs is 1. The van der Waals surface area contributed by atoms with Gasteiger partial charge in [-0.25, -0.2) is 4.98 Å². The van der Waals surface area contributed by atoms with E-state index in [2.05, 4.69) is 56.9 Å². The van der Waals surface area contributed by atoms with E-state index in [1.54, 1.807) is 0 Å². The zero-order valence-corrected chi connectivity index (χ0v) is 16.9. The maximum Gasteiger partial charge on any atom is 0.274 e. The van der Waals surface area contributed by atoms with Crippen molar-refractivity contribution in [3.8, 4) is 0 Å². The molecule has 0 saturated heterocycles. The highest BCUT2D eigenvalue weighted by Gasteiger charge is 2.09. The van der Waals surface area contributed by atoms with Crippen molar-refractivity contribution in [1.82, 2.24) is 19.6 Å². The summed E-state index contributed by atoms with van der Waals surface area (Å²) < 4.78 is 1.33. The van der Waals surface area contributed by atoms with Crippen LogP contribution in [0.1, 0.15) is 22.4 Å². The Kier molecular flexibility index (Phi) is 5.22. The third kappa shape index (κ3) is 4.41. The molecule has 2 aromatic carbocycles. The average molecular weight is 409 g/mol. The van der Waals surface area contributed by atoms with Crippen molar-refractivity contribution >= 4 is 29.0 Å². The van der Waals surface area contributed by atoms with Crippen LogP contribution in [0.4, 0.5) is 11.6 Å². The Morgan fingerprint density at radius 1 is 1.00 bits per heavy atom. The summed E-state index contributed by atoms with van der Waals surface area (Å²) in [5.41, 5.74) is 4.69. The van der Waals surface area contributed by atoms with Gasteiger partial charge < -0.3 is 10.6 Å². The van der Waals surface area contributed by atoms with Crippen molar-refractivity contribution in [1.29, 1.82) is 0 Å². The Balaban J connectivity index is 1.50. The summed E-state index contributed by atoms with van der Waals surface area (Å²) in [7, 11) is 0. The van der Waals surface area contributed by atoms with Crippen molar-refractivity contribution in [2.45, 2.75) is 26.9 Å². The second kappa shape index (κ2) is 7.97. The molecule has 0 aliphatic rings. The molecular weight excluding hydrogens is 388 g/mol. The van der Waals surface area contributed by atoms with Crippen molar-refractivity contribution < 1.29 is 0 Å². The van der Waals surface area contributed by atoms with Gasteiger partial charge in [-0.1, -0.05) is 47.5 Å². The summed E-state index contributed by atoms with van der Waals surface area (Å²) >= 11 is 6.06. The average Bonchev–Trinajstić information content (AvgIpc) is 3.12. The van der Waals surface area contributed by atoms with Gasteiger partial charge in [0.05, 0.1) is 12.2 Å². The van der Waals surface area contributed by atoms with Crippen molar-refractivity contribution in [2.24, 2.45) is 0 Å². The van der Waals surface area contributed by atoms with Gasteiger partial charge in [0.15, 0.2) is 0 Å². The standard InChI is InChI=1S/C21H21ClN6O/c1-13-3-6-15(7-4-13)11-24-20-26-21-25-17(10-19(29)28(21)27-20)12-23-18-9-16(22)8-5-14(18)2/h3-10,23H,11-12H2,1-2H3,(H2,24,25,26,27). The van der Waals surface area contributed by atoms with E-state index in [-0.39, 0.29) is 5.56 Å². The lowest BCUT2D eigenvalue weighted by Crippen LogP contribution is -2.17. The first kappa shape index (κ1) is 19.0. The first-order chi connectivity index (χ1) is 14.0. The Bertz CT molecular complexity index is 1210. The molecule has 0 saturated carbocycles. The molecule has 0 atom stereocenters. The number of aromatic amines is 1. The predicted molar refractivity (Wildman–Crippen MR) is 116 cm³/mol. The number of nitrogens with zero attached hydrogens (tertiary/aromatic N) is 3. The van der Waals surface area contributed by atoms with E-state index in [4.69, 9.17) is 11.6 Å². The van der Waals surface area contributed by atoms with Crippen molar-refractivity contribution in [3.63, 3.8) is 0 Å². The third-order valence-electron chi connectivity index (χ3n) is 4.62. The lowest BCUT2D eigenvalue weighted by atomic mass is 10.1. The van der Waals surface area contributed by atoms with Gasteiger partial charge in [0.1, 0.15) is 0 Å². The molecule has 29 heavy (non-hydrogen) atoms. The van der Waals surface area contributed by atoms with Crippen LogP contribution in [0.25, 0.3) is 5.78 Å². The van der Waals surface area contributed by atoms with Gasteiger partial charge in [0.2, 0.25) is 5.95 Å². The molecule has 0 unspecified atom stereocenters. The fourth-order valence-electron chi connectivity index (χ4n) is 2.96. The van der Waals surface area contributed by atoms with Crippen LogP contribution in [-0.2, 0) is 13.1 Å². The molecule has 0 radical (unpaired) electrons. The van der Waals surface area contributed by atoms with E-state index in [1.807, 2.05) is 25.1 Å². The van der Waals surface area contributed by atoms with Crippen LogP contribution in [-0.4, -0.2) is 19.6 Å². The fourth-order valence-corrected chi connectivity index (χ4v) is 3.13. The van der Waals surface area contributed by atoms with Crippen LogP contribution >= 0.6 is 11.6 Å². The number of aromatic nitrogens is 4. The number of hydrogen-bond acceptors (Lipinski definition) is 5. The number of halogens is 1. The van der Waals surface area contributed by atoms with Crippen LogP contribution in [0.2, 0.25) is 5.02 Å². The van der Waals surface area contributed by atoms with Crippen molar-refractivity contribution in [2.75, 3.05) is 10.6 Å². The highest BCUT2D eigenvalue weighted by atomic mass is 35.5. The molecule has 0 aliphatic heterocycles. The molecule has 0 fully saturated rings. The summed E-state index contributed by atoms with van der Waals surface area (Å²) in [6, 6.07) is 15.3. The van der Waals surface area contributed by atoms with E-state index in [9.17, 15) is 4.79 Å². The summed E-state index contributed by atoms with van der Waals surface area (Å²) in [6.45, 7) is 5.03. The number of rotatable bonds is 6. The first-order valence-electron chi connectivity index (χ1n) is 9.26. The van der Waals surface area contributed by atoms with Crippen LogP contribution in [0.3, 0.4) is 0 Å². The van der Waals surface area contributed by atoms with E-state index >= 15 is 0 Å². The van der Waals surface area contributed by atoms with Crippen LogP contribution < -0.4 is 16.2 Å². The number of benzene rings is 2. The van der Waals surface area contributed by atoms with E-state index in [1.165, 1.54) is 16.1 Å². The van der Waals surface area contributed by atoms with E-state index in [0.717, 1.165) is 16.8 Å². The van der Waals surface area contributed by atoms with Crippen LogP contribution in [0.5, 0.6) is 0 Å². The van der Waals surface area contributed by atoms with Gasteiger partial charge in [-0.15, -0.1) is 0 Å². The molecule has 4 aromatic rings. The maximum atomic E-state index is 12.4. The Morgan fingerprint density at radius 2 is 1.79 bits per heavy atom. The molecule has 7 nitrogen and oxygen atoms in total. The van der Waals surface area contributed by atoms with Gasteiger partial charge in [-0.05, 0) is 37.1 Å². The maximum absolute atomic E-state index is 12.4. The molecule has 0 bridgehead atoms. The highest BCUT2D eigenvalue weighted by molar-refractivity contribution is 6.30. The molecule has 3 N–H and O–H groups in total. The summed E-state index contributed by atoms with van der Waals surface area (Å²) in [4.78, 5) is 21.3. The molecule has 2 aromatic heterocycles. The summed E-state index contributed by atoms with van der Waals surface area (Å²) in [6.07, 6.45) is 0. The van der Waals surface area contributed by atoms with Gasteiger partial charge in [0.25, 0.3) is 11.3 Å². The minimum atomic E-state index is -0.217. The minimum absolute atomic E-state index is 0.217. The summed E-state index contributed by atoms with van der Waals surface area (Å²) in [5, 5.41) is 10.1. The third-order valence-corrected chi connectivity index (χ3v) is 4.86. The molecular formula is C21H21ClN6O. The SMILES string of the molecule is Cc1ccc(CNc2nc3nc(CNc4cc(Cl)ccc4C)cc(=O)n3[nH]2)cc1. The van der Waals surface area contributed by atoms with Crippen LogP contribution in [0, 0.1) is 13.8 Å². The number of aryl methyl sites for hydroxylation is 2. The molecule has 4 rings (SSSR count). The Morgan fingerprint density at radius 3 is 2.59 bits per heavy atom. The largest absolute Gasteiger partial charge is 0.379 e. The smallest absolute Gasteiger partial charge is 0.274 e.